The summed E-state index contributed by atoms with van der Waals surface area (Å²) in [4.78, 5) is 26.4. The van der Waals surface area contributed by atoms with Crippen LogP contribution in [0.25, 0.3) is 6.08 Å². The number of hydrogen-bond donors (Lipinski definition) is 1. The van der Waals surface area contributed by atoms with E-state index in [0.717, 1.165) is 17.7 Å². The van der Waals surface area contributed by atoms with Crippen molar-refractivity contribution in [2.75, 3.05) is 7.05 Å². The summed E-state index contributed by atoms with van der Waals surface area (Å²) in [6.07, 6.45) is 1.64. The molecule has 2 aromatic rings. The largest absolute Gasteiger partial charge is 0.402 e. The first-order valence-electron chi connectivity index (χ1n) is 7.58. The lowest BCUT2D eigenvalue weighted by atomic mass is 10.1. The molecule has 0 saturated heterocycles. The molecule has 1 aliphatic rings. The third kappa shape index (κ3) is 3.78. The molecule has 126 valence electrons. The maximum absolute atomic E-state index is 12.0. The highest BCUT2D eigenvalue weighted by molar-refractivity contribution is 6.12. The summed E-state index contributed by atoms with van der Waals surface area (Å²) in [5, 5.41) is 13.7. The molecule has 3 rings (SSSR count). The normalized spacial score (nSPS) is 15.2. The molecule has 1 N–H and O–H groups in total. The quantitative estimate of drug-likeness (QED) is 0.392. The zero-order valence-electron chi connectivity index (χ0n) is 13.4. The number of aliphatic imine (C=N–C) groups is 1. The number of nitro benzene ring substituents is 1. The van der Waals surface area contributed by atoms with Crippen LogP contribution in [0.2, 0.25) is 0 Å². The lowest BCUT2D eigenvalue weighted by Gasteiger charge is -2.00. The van der Waals surface area contributed by atoms with Crippen LogP contribution in [-0.2, 0) is 16.1 Å². The third-order valence-corrected chi connectivity index (χ3v) is 3.61. The van der Waals surface area contributed by atoms with Gasteiger partial charge in [0.2, 0.25) is 5.90 Å². The van der Waals surface area contributed by atoms with Crippen molar-refractivity contribution < 1.29 is 14.5 Å². The maximum atomic E-state index is 12.0. The molecule has 1 aliphatic heterocycles. The molecule has 0 saturated carbocycles. The van der Waals surface area contributed by atoms with E-state index in [2.05, 4.69) is 10.3 Å². The smallest absolute Gasteiger partial charge is 0.363 e. The highest BCUT2D eigenvalue weighted by Gasteiger charge is 2.24. The Kier molecular flexibility index (Phi) is 4.67. The fraction of sp³-hybridized carbons (Fsp3) is 0.111. The first-order valence-corrected chi connectivity index (χ1v) is 7.58. The summed E-state index contributed by atoms with van der Waals surface area (Å²) in [6, 6.07) is 13.4. The third-order valence-electron chi connectivity index (χ3n) is 3.61. The molecule has 7 heteroatoms. The van der Waals surface area contributed by atoms with E-state index in [1.807, 2.05) is 31.3 Å². The minimum atomic E-state index is -0.548. The number of carbonyl (C=O) groups excluding carboxylic acids is 1. The van der Waals surface area contributed by atoms with Gasteiger partial charge in [0.15, 0.2) is 5.70 Å². The number of benzene rings is 2. The van der Waals surface area contributed by atoms with Crippen molar-refractivity contribution in [2.24, 2.45) is 4.99 Å². The zero-order chi connectivity index (χ0) is 17.8. The lowest BCUT2D eigenvalue weighted by Crippen LogP contribution is -2.05. The summed E-state index contributed by atoms with van der Waals surface area (Å²) >= 11 is 0. The second-order valence-electron chi connectivity index (χ2n) is 5.41. The Morgan fingerprint density at radius 1 is 1.16 bits per heavy atom. The second kappa shape index (κ2) is 7.06. The molecule has 0 radical (unpaired) electrons. The van der Waals surface area contributed by atoms with Crippen molar-refractivity contribution in [1.29, 1.82) is 0 Å². The Bertz CT molecular complexity index is 868. The highest BCUT2D eigenvalue weighted by atomic mass is 16.6. The molecule has 7 nitrogen and oxygen atoms in total. The minimum Gasteiger partial charge on any atom is -0.402 e. The predicted molar refractivity (Wildman–Crippen MR) is 92.9 cm³/mol. The van der Waals surface area contributed by atoms with Gasteiger partial charge in [0, 0.05) is 24.2 Å². The van der Waals surface area contributed by atoms with E-state index in [1.54, 1.807) is 6.08 Å². The van der Waals surface area contributed by atoms with Gasteiger partial charge < -0.3 is 10.1 Å². The topological polar surface area (TPSA) is 93.8 Å². The van der Waals surface area contributed by atoms with Crippen LogP contribution in [-0.4, -0.2) is 23.8 Å². The Morgan fingerprint density at radius 3 is 2.44 bits per heavy atom. The number of carbonyl (C=O) groups is 1. The lowest BCUT2D eigenvalue weighted by molar-refractivity contribution is -0.384. The van der Waals surface area contributed by atoms with E-state index in [9.17, 15) is 14.9 Å². The summed E-state index contributed by atoms with van der Waals surface area (Å²) in [6.45, 7) is 0.765. The first kappa shape index (κ1) is 16.5. The van der Waals surface area contributed by atoms with E-state index in [1.165, 1.54) is 24.3 Å². The molecule has 2 aromatic carbocycles. The second-order valence-corrected chi connectivity index (χ2v) is 5.41. The fourth-order valence-electron chi connectivity index (χ4n) is 2.35. The van der Waals surface area contributed by atoms with Crippen molar-refractivity contribution in [3.8, 4) is 0 Å². The summed E-state index contributed by atoms with van der Waals surface area (Å²) in [5.74, 6) is -0.411. The van der Waals surface area contributed by atoms with Gasteiger partial charge >= 0.3 is 5.97 Å². The molecule has 0 bridgehead atoms. The Labute approximate surface area is 143 Å². The van der Waals surface area contributed by atoms with Crippen LogP contribution in [0.4, 0.5) is 5.69 Å². The number of nitrogens with zero attached hydrogens (tertiary/aromatic N) is 2. The maximum Gasteiger partial charge on any atom is 0.363 e. The molecule has 0 spiro atoms. The highest BCUT2D eigenvalue weighted by Crippen LogP contribution is 2.21. The number of ether oxygens (including phenoxy) is 1. The number of rotatable bonds is 5. The van der Waals surface area contributed by atoms with Gasteiger partial charge in [-0.2, -0.15) is 0 Å². The number of nitro groups is 1. The van der Waals surface area contributed by atoms with E-state index < -0.39 is 10.9 Å². The molecular weight excluding hydrogens is 322 g/mol. The number of hydrogen-bond acceptors (Lipinski definition) is 6. The average Bonchev–Trinajstić information content (AvgIpc) is 2.98. The standard InChI is InChI=1S/C18H15N3O4/c1-19-11-13-4-2-12(3-5-13)10-16-18(22)25-17(20-16)14-6-8-15(9-7-14)21(23)24/h2-10,19H,11H2,1H3. The van der Waals surface area contributed by atoms with Crippen molar-refractivity contribution in [3.05, 3.63) is 81.0 Å². The Morgan fingerprint density at radius 2 is 1.84 bits per heavy atom. The van der Waals surface area contributed by atoms with Gasteiger partial charge in [0.25, 0.3) is 5.69 Å². The molecule has 0 aromatic heterocycles. The van der Waals surface area contributed by atoms with Gasteiger partial charge in [-0.05, 0) is 36.4 Å². The predicted octanol–water partition coefficient (Wildman–Crippen LogP) is 2.66. The van der Waals surface area contributed by atoms with Gasteiger partial charge in [-0.3, -0.25) is 10.1 Å². The first-order chi connectivity index (χ1) is 12.1. The minimum absolute atomic E-state index is 0.0360. The number of esters is 1. The van der Waals surface area contributed by atoms with Crippen molar-refractivity contribution in [1.82, 2.24) is 5.32 Å². The monoisotopic (exact) mass is 337 g/mol. The fourth-order valence-corrected chi connectivity index (χ4v) is 2.35. The summed E-state index contributed by atoms with van der Waals surface area (Å²) < 4.78 is 5.16. The van der Waals surface area contributed by atoms with Crippen LogP contribution in [0.3, 0.4) is 0 Å². The molecular formula is C18H15N3O4. The summed E-state index contributed by atoms with van der Waals surface area (Å²) in [7, 11) is 1.87. The summed E-state index contributed by atoms with van der Waals surface area (Å²) in [5.41, 5.74) is 2.63. The average molecular weight is 337 g/mol. The van der Waals surface area contributed by atoms with Crippen LogP contribution in [0.5, 0.6) is 0 Å². The van der Waals surface area contributed by atoms with E-state index in [0.29, 0.717) is 5.56 Å². The van der Waals surface area contributed by atoms with E-state index >= 15 is 0 Å². The van der Waals surface area contributed by atoms with Crippen LogP contribution >= 0.6 is 0 Å². The molecule has 0 aliphatic carbocycles. The molecule has 0 atom stereocenters. The van der Waals surface area contributed by atoms with E-state index in [4.69, 9.17) is 4.74 Å². The SMILES string of the molecule is CNCc1ccc(C=C2N=C(c3ccc([N+](=O)[O-])cc3)OC2=O)cc1. The Hall–Kier alpha value is -3.32. The molecule has 0 fully saturated rings. The van der Waals surface area contributed by atoms with Crippen LogP contribution < -0.4 is 5.32 Å². The van der Waals surface area contributed by atoms with E-state index in [-0.39, 0.29) is 17.3 Å². The number of cyclic esters (lactones) is 1. The Balaban J connectivity index is 1.82. The zero-order valence-corrected chi connectivity index (χ0v) is 13.4. The van der Waals surface area contributed by atoms with Gasteiger partial charge in [0.05, 0.1) is 4.92 Å². The molecule has 1 heterocycles. The molecule has 0 amide bonds. The number of non-ortho nitro benzene ring substituents is 1. The molecule has 0 unspecified atom stereocenters. The number of nitrogens with one attached hydrogen (secondary N) is 1. The van der Waals surface area contributed by atoms with Crippen LogP contribution in [0, 0.1) is 10.1 Å². The van der Waals surface area contributed by atoms with Gasteiger partial charge in [-0.1, -0.05) is 24.3 Å². The van der Waals surface area contributed by atoms with Gasteiger partial charge in [-0.25, -0.2) is 9.79 Å². The molecule has 25 heavy (non-hydrogen) atoms. The van der Waals surface area contributed by atoms with Crippen molar-refractivity contribution in [2.45, 2.75) is 6.54 Å². The van der Waals surface area contributed by atoms with Crippen molar-refractivity contribution >= 4 is 23.6 Å². The van der Waals surface area contributed by atoms with Gasteiger partial charge in [0.1, 0.15) is 0 Å². The van der Waals surface area contributed by atoms with Crippen LogP contribution in [0.15, 0.2) is 59.2 Å². The van der Waals surface area contributed by atoms with Gasteiger partial charge in [-0.15, -0.1) is 0 Å². The van der Waals surface area contributed by atoms with Crippen molar-refractivity contribution in [3.63, 3.8) is 0 Å². The van der Waals surface area contributed by atoms with Crippen LogP contribution in [0.1, 0.15) is 16.7 Å².